The Morgan fingerprint density at radius 2 is 1.95 bits per heavy atom. The lowest BCUT2D eigenvalue weighted by Crippen LogP contribution is -2.57. The summed E-state index contributed by atoms with van der Waals surface area (Å²) in [4.78, 5) is 13.3. The van der Waals surface area contributed by atoms with E-state index in [-0.39, 0.29) is 31.9 Å². The second kappa shape index (κ2) is 6.50. The van der Waals surface area contributed by atoms with Crippen molar-refractivity contribution in [3.63, 3.8) is 0 Å². The number of alkyl halides is 3. The Bertz CT molecular complexity index is 404. The first-order valence-corrected chi connectivity index (χ1v) is 6.57. The molecule has 0 aromatic rings. The molecule has 0 bridgehead atoms. The van der Waals surface area contributed by atoms with E-state index < -0.39 is 30.1 Å². The molecule has 0 atom stereocenters. The Balaban J connectivity index is 3.13. The minimum Gasteiger partial charge on any atom is -0.409 e. The summed E-state index contributed by atoms with van der Waals surface area (Å²) >= 11 is 0. The van der Waals surface area contributed by atoms with Crippen molar-refractivity contribution in [2.75, 3.05) is 19.8 Å². The predicted octanol–water partition coefficient (Wildman–Crippen LogP) is 1.33. The van der Waals surface area contributed by atoms with Gasteiger partial charge in [-0.2, -0.15) is 13.2 Å². The number of hydrogen-bond donors (Lipinski definition) is 2. The summed E-state index contributed by atoms with van der Waals surface area (Å²) in [6.45, 7) is 1.94. The molecule has 1 rings (SSSR count). The van der Waals surface area contributed by atoms with Crippen molar-refractivity contribution in [2.45, 2.75) is 38.9 Å². The molecule has 0 saturated carbocycles. The Morgan fingerprint density at radius 1 is 1.43 bits per heavy atom. The van der Waals surface area contributed by atoms with E-state index in [1.165, 1.54) is 13.8 Å². The standard InChI is InChI=1S/C12H20F3N3O3/c1-8(2)18(7-12(13,14)15)10(19)11(9(16)17-20)3-5-21-6-4-11/h8,20H,3-7H2,1-2H3,(H2,16,17). The molecule has 1 saturated heterocycles. The molecule has 0 aliphatic carbocycles. The van der Waals surface area contributed by atoms with Gasteiger partial charge in [-0.15, -0.1) is 0 Å². The van der Waals surface area contributed by atoms with Crippen LogP contribution in [0.4, 0.5) is 13.2 Å². The molecule has 1 aliphatic heterocycles. The second-order valence-electron chi connectivity index (χ2n) is 5.32. The van der Waals surface area contributed by atoms with Gasteiger partial charge in [0.2, 0.25) is 5.91 Å². The summed E-state index contributed by atoms with van der Waals surface area (Å²) in [6.07, 6.45) is -4.34. The highest BCUT2D eigenvalue weighted by molar-refractivity contribution is 6.07. The van der Waals surface area contributed by atoms with Gasteiger partial charge in [0.05, 0.1) is 0 Å². The minimum absolute atomic E-state index is 0.0861. The summed E-state index contributed by atoms with van der Waals surface area (Å²) < 4.78 is 43.1. The molecule has 21 heavy (non-hydrogen) atoms. The summed E-state index contributed by atoms with van der Waals surface area (Å²) in [5, 5.41) is 11.7. The highest BCUT2D eigenvalue weighted by Crippen LogP contribution is 2.34. The molecule has 1 heterocycles. The van der Waals surface area contributed by atoms with Crippen molar-refractivity contribution in [1.29, 1.82) is 0 Å². The fourth-order valence-electron chi connectivity index (χ4n) is 2.35. The highest BCUT2D eigenvalue weighted by Gasteiger charge is 2.49. The second-order valence-corrected chi connectivity index (χ2v) is 5.32. The lowest BCUT2D eigenvalue weighted by atomic mass is 9.77. The van der Waals surface area contributed by atoms with Crippen LogP contribution in [0.5, 0.6) is 0 Å². The van der Waals surface area contributed by atoms with Crippen LogP contribution >= 0.6 is 0 Å². The van der Waals surface area contributed by atoms with Gasteiger partial charge in [-0.25, -0.2) is 0 Å². The number of rotatable bonds is 4. The van der Waals surface area contributed by atoms with Crippen LogP contribution in [0.2, 0.25) is 0 Å². The molecule has 1 amide bonds. The van der Waals surface area contributed by atoms with Gasteiger partial charge in [0.15, 0.2) is 5.84 Å². The number of nitrogens with zero attached hydrogens (tertiary/aromatic N) is 2. The van der Waals surface area contributed by atoms with E-state index in [4.69, 9.17) is 15.7 Å². The van der Waals surface area contributed by atoms with Crippen LogP contribution in [-0.2, 0) is 9.53 Å². The topological polar surface area (TPSA) is 88.2 Å². The zero-order chi connectivity index (χ0) is 16.3. The van der Waals surface area contributed by atoms with Crippen LogP contribution in [0.3, 0.4) is 0 Å². The molecule has 1 fully saturated rings. The SMILES string of the molecule is CC(C)N(CC(F)(F)F)C(=O)C1(C(N)=NO)CCOCC1. The normalized spacial score (nSPS) is 19.6. The van der Waals surface area contributed by atoms with Gasteiger partial charge in [0.25, 0.3) is 0 Å². The van der Waals surface area contributed by atoms with Crippen LogP contribution in [0, 0.1) is 5.41 Å². The Morgan fingerprint density at radius 3 is 2.33 bits per heavy atom. The molecule has 122 valence electrons. The zero-order valence-electron chi connectivity index (χ0n) is 12.0. The number of hydrogen-bond acceptors (Lipinski definition) is 4. The number of oxime groups is 1. The molecule has 6 nitrogen and oxygen atoms in total. The van der Waals surface area contributed by atoms with Crippen LogP contribution in [0.25, 0.3) is 0 Å². The molecule has 0 radical (unpaired) electrons. The van der Waals surface area contributed by atoms with Crippen molar-refractivity contribution in [1.82, 2.24) is 4.90 Å². The molecule has 0 spiro atoms. The lowest BCUT2D eigenvalue weighted by molar-refractivity contribution is -0.171. The molecule has 1 aliphatic rings. The van der Waals surface area contributed by atoms with Crippen LogP contribution in [0.1, 0.15) is 26.7 Å². The molecule has 3 N–H and O–H groups in total. The van der Waals surface area contributed by atoms with E-state index in [9.17, 15) is 18.0 Å². The van der Waals surface area contributed by atoms with Crippen LogP contribution < -0.4 is 5.73 Å². The molecular formula is C12H20F3N3O3. The number of amides is 1. The third-order valence-electron chi connectivity index (χ3n) is 3.59. The van der Waals surface area contributed by atoms with Gasteiger partial charge in [-0.05, 0) is 26.7 Å². The van der Waals surface area contributed by atoms with Gasteiger partial charge in [0, 0.05) is 19.3 Å². The van der Waals surface area contributed by atoms with E-state index in [0.717, 1.165) is 0 Å². The first-order valence-electron chi connectivity index (χ1n) is 6.57. The quantitative estimate of drug-likeness (QED) is 0.355. The molecule has 9 heteroatoms. The third kappa shape index (κ3) is 3.99. The maximum atomic E-state index is 12.7. The van der Waals surface area contributed by atoms with Crippen molar-refractivity contribution in [2.24, 2.45) is 16.3 Å². The average molecular weight is 311 g/mol. The fraction of sp³-hybridized carbons (Fsp3) is 0.833. The van der Waals surface area contributed by atoms with Crippen LogP contribution in [0.15, 0.2) is 5.16 Å². The van der Waals surface area contributed by atoms with Crippen molar-refractivity contribution < 1.29 is 27.9 Å². The number of carbonyl (C=O) groups is 1. The maximum absolute atomic E-state index is 12.7. The van der Waals surface area contributed by atoms with Gasteiger partial charge < -0.3 is 20.6 Å². The molecular weight excluding hydrogens is 291 g/mol. The summed E-state index contributed by atoms with van der Waals surface area (Å²) in [5.41, 5.74) is 4.16. The number of ether oxygens (including phenoxy) is 1. The van der Waals surface area contributed by atoms with E-state index in [0.29, 0.717) is 4.90 Å². The van der Waals surface area contributed by atoms with Gasteiger partial charge in [0.1, 0.15) is 12.0 Å². The average Bonchev–Trinajstić information content (AvgIpc) is 2.42. The van der Waals surface area contributed by atoms with Gasteiger partial charge in [-0.1, -0.05) is 5.16 Å². The highest BCUT2D eigenvalue weighted by atomic mass is 19.4. The lowest BCUT2D eigenvalue weighted by Gasteiger charge is -2.40. The Labute approximate surface area is 120 Å². The maximum Gasteiger partial charge on any atom is 0.406 e. The molecule has 0 aromatic carbocycles. The van der Waals surface area contributed by atoms with E-state index in [2.05, 4.69) is 5.16 Å². The molecule has 0 aromatic heterocycles. The van der Waals surface area contributed by atoms with E-state index >= 15 is 0 Å². The first-order chi connectivity index (χ1) is 9.64. The van der Waals surface area contributed by atoms with Crippen LogP contribution in [-0.4, -0.2) is 53.8 Å². The Kier molecular flexibility index (Phi) is 5.43. The first kappa shape index (κ1) is 17.5. The van der Waals surface area contributed by atoms with Crippen molar-refractivity contribution in [3.8, 4) is 0 Å². The predicted molar refractivity (Wildman–Crippen MR) is 68.8 cm³/mol. The largest absolute Gasteiger partial charge is 0.409 e. The van der Waals surface area contributed by atoms with Crippen molar-refractivity contribution in [3.05, 3.63) is 0 Å². The fourth-order valence-corrected chi connectivity index (χ4v) is 2.35. The van der Waals surface area contributed by atoms with Gasteiger partial charge >= 0.3 is 6.18 Å². The van der Waals surface area contributed by atoms with E-state index in [1.807, 2.05) is 0 Å². The van der Waals surface area contributed by atoms with Crippen molar-refractivity contribution >= 4 is 11.7 Å². The number of amidine groups is 1. The monoisotopic (exact) mass is 311 g/mol. The number of halogens is 3. The smallest absolute Gasteiger partial charge is 0.406 e. The number of carbonyl (C=O) groups excluding carboxylic acids is 1. The third-order valence-corrected chi connectivity index (χ3v) is 3.59. The van der Waals surface area contributed by atoms with Gasteiger partial charge in [-0.3, -0.25) is 4.79 Å². The summed E-state index contributed by atoms with van der Waals surface area (Å²) in [7, 11) is 0. The molecule has 0 unspecified atom stereocenters. The zero-order valence-corrected chi connectivity index (χ0v) is 12.0. The number of nitrogens with two attached hydrogens (primary N) is 1. The van der Waals surface area contributed by atoms with E-state index in [1.54, 1.807) is 0 Å². The minimum atomic E-state index is -4.52. The summed E-state index contributed by atoms with van der Waals surface area (Å²) in [6, 6.07) is -0.662. The Hall–Kier alpha value is -1.51. The summed E-state index contributed by atoms with van der Waals surface area (Å²) in [5.74, 6) is -1.16.